The van der Waals surface area contributed by atoms with Crippen LogP contribution in [0.1, 0.15) is 30.3 Å². The highest BCUT2D eigenvalue weighted by atomic mass is 32.1. The van der Waals surface area contributed by atoms with E-state index in [1.54, 1.807) is 18.4 Å². The predicted octanol–water partition coefficient (Wildman–Crippen LogP) is 3.60. The Labute approximate surface area is 162 Å². The highest BCUT2D eigenvalue weighted by Gasteiger charge is 2.27. The van der Waals surface area contributed by atoms with Gasteiger partial charge in [-0.25, -0.2) is 0 Å². The van der Waals surface area contributed by atoms with Crippen LogP contribution in [0, 0.1) is 0 Å². The van der Waals surface area contributed by atoms with Gasteiger partial charge in [-0.05, 0) is 53.9 Å². The fourth-order valence-corrected chi connectivity index (χ4v) is 4.18. The normalized spacial score (nSPS) is 17.1. The number of nitrogens with zero attached hydrogens (tertiary/aromatic N) is 4. The predicted molar refractivity (Wildman–Crippen MR) is 107 cm³/mol. The average Bonchev–Trinajstić information content (AvgIpc) is 3.33. The van der Waals surface area contributed by atoms with E-state index in [4.69, 9.17) is 10.5 Å². The second kappa shape index (κ2) is 7.89. The molecule has 0 radical (unpaired) electrons. The van der Waals surface area contributed by atoms with Crippen LogP contribution in [0.3, 0.4) is 0 Å². The molecule has 8 heteroatoms. The summed E-state index contributed by atoms with van der Waals surface area (Å²) < 4.78 is 5.37. The van der Waals surface area contributed by atoms with E-state index in [0.29, 0.717) is 24.4 Å². The van der Waals surface area contributed by atoms with Crippen molar-refractivity contribution in [1.82, 2.24) is 19.9 Å². The smallest absolute Gasteiger partial charge is 0.232 e. The lowest BCUT2D eigenvalue weighted by Gasteiger charge is -2.23. The van der Waals surface area contributed by atoms with Gasteiger partial charge in [-0.3, -0.25) is 4.90 Å². The van der Waals surface area contributed by atoms with Crippen molar-refractivity contribution in [2.24, 2.45) is 0 Å². The summed E-state index contributed by atoms with van der Waals surface area (Å²) in [6, 6.07) is 10.2. The number of hydrogen-bond donors (Lipinski definition) is 2. The van der Waals surface area contributed by atoms with Crippen LogP contribution >= 0.6 is 11.3 Å². The first-order valence-corrected chi connectivity index (χ1v) is 9.84. The van der Waals surface area contributed by atoms with E-state index in [1.807, 2.05) is 24.3 Å². The number of likely N-dealkylation sites (tertiary alicyclic amines) is 1. The van der Waals surface area contributed by atoms with Crippen LogP contribution in [0.25, 0.3) is 0 Å². The SMILES string of the molecule is COc1ccccc1Nc1nc(N)nc(CN2CCCC2c2ccsc2)n1. The Morgan fingerprint density at radius 2 is 2.15 bits per heavy atom. The largest absolute Gasteiger partial charge is 0.495 e. The van der Waals surface area contributed by atoms with Gasteiger partial charge in [0.05, 0.1) is 19.3 Å². The van der Waals surface area contributed by atoms with Crippen LogP contribution in [0.5, 0.6) is 5.75 Å². The highest BCUT2D eigenvalue weighted by molar-refractivity contribution is 7.07. The molecule has 2 aromatic heterocycles. The number of thiophene rings is 1. The van der Waals surface area contributed by atoms with E-state index in [1.165, 1.54) is 12.0 Å². The molecule has 0 saturated carbocycles. The molecule has 27 heavy (non-hydrogen) atoms. The Bertz CT molecular complexity index is 901. The Hall–Kier alpha value is -2.71. The minimum absolute atomic E-state index is 0.212. The summed E-state index contributed by atoms with van der Waals surface area (Å²) in [5.41, 5.74) is 8.09. The summed E-state index contributed by atoms with van der Waals surface area (Å²) in [5.74, 6) is 2.02. The number of methoxy groups -OCH3 is 1. The molecule has 1 aromatic carbocycles. The highest BCUT2D eigenvalue weighted by Crippen LogP contribution is 2.34. The van der Waals surface area contributed by atoms with E-state index in [9.17, 15) is 0 Å². The average molecular weight is 382 g/mol. The number of nitrogens with one attached hydrogen (secondary N) is 1. The lowest BCUT2D eigenvalue weighted by Crippen LogP contribution is -2.24. The molecule has 1 fully saturated rings. The molecule has 0 spiro atoms. The van der Waals surface area contributed by atoms with Gasteiger partial charge < -0.3 is 15.8 Å². The van der Waals surface area contributed by atoms with Crippen LogP contribution in [0.15, 0.2) is 41.1 Å². The molecule has 1 saturated heterocycles. The van der Waals surface area contributed by atoms with Crippen LogP contribution in [0.4, 0.5) is 17.6 Å². The number of para-hydroxylation sites is 2. The molecular formula is C19H22N6OS. The van der Waals surface area contributed by atoms with E-state index in [0.717, 1.165) is 24.4 Å². The van der Waals surface area contributed by atoms with Gasteiger partial charge in [0, 0.05) is 6.04 Å². The van der Waals surface area contributed by atoms with Crippen molar-refractivity contribution in [3.05, 3.63) is 52.5 Å². The first kappa shape index (κ1) is 17.7. The Morgan fingerprint density at radius 3 is 2.96 bits per heavy atom. The number of nitrogens with two attached hydrogens (primary N) is 1. The molecule has 140 valence electrons. The van der Waals surface area contributed by atoms with Gasteiger partial charge in [0.2, 0.25) is 11.9 Å². The number of aromatic nitrogens is 3. The molecule has 1 aliphatic heterocycles. The molecule has 3 N–H and O–H groups in total. The zero-order chi connectivity index (χ0) is 18.6. The van der Waals surface area contributed by atoms with Crippen molar-refractivity contribution in [2.75, 3.05) is 24.7 Å². The minimum Gasteiger partial charge on any atom is -0.495 e. The monoisotopic (exact) mass is 382 g/mol. The summed E-state index contributed by atoms with van der Waals surface area (Å²) in [6.45, 7) is 1.68. The molecule has 3 heterocycles. The maximum Gasteiger partial charge on any atom is 0.232 e. The quantitative estimate of drug-likeness (QED) is 0.673. The Kier molecular flexibility index (Phi) is 5.17. The summed E-state index contributed by atoms with van der Waals surface area (Å²) in [7, 11) is 1.63. The van der Waals surface area contributed by atoms with Crippen molar-refractivity contribution >= 4 is 28.9 Å². The molecule has 0 bridgehead atoms. The van der Waals surface area contributed by atoms with Gasteiger partial charge in [-0.2, -0.15) is 26.3 Å². The number of anilines is 3. The van der Waals surface area contributed by atoms with E-state index >= 15 is 0 Å². The molecule has 7 nitrogen and oxygen atoms in total. The van der Waals surface area contributed by atoms with Crippen LogP contribution in [-0.2, 0) is 6.54 Å². The van der Waals surface area contributed by atoms with Gasteiger partial charge in [0.1, 0.15) is 11.6 Å². The maximum absolute atomic E-state index is 5.94. The maximum atomic E-state index is 5.94. The van der Waals surface area contributed by atoms with Gasteiger partial charge in [-0.15, -0.1) is 0 Å². The molecule has 4 rings (SSSR count). The van der Waals surface area contributed by atoms with E-state index in [-0.39, 0.29) is 5.95 Å². The minimum atomic E-state index is 0.212. The molecule has 0 aliphatic carbocycles. The second-order valence-electron chi connectivity index (χ2n) is 6.44. The molecular weight excluding hydrogens is 360 g/mol. The van der Waals surface area contributed by atoms with Gasteiger partial charge in [-0.1, -0.05) is 12.1 Å². The molecule has 1 aliphatic rings. The molecule has 3 aromatic rings. The zero-order valence-electron chi connectivity index (χ0n) is 15.1. The number of benzene rings is 1. The third-order valence-electron chi connectivity index (χ3n) is 4.69. The van der Waals surface area contributed by atoms with E-state index < -0.39 is 0 Å². The third-order valence-corrected chi connectivity index (χ3v) is 5.39. The number of ether oxygens (including phenoxy) is 1. The van der Waals surface area contributed by atoms with Crippen molar-refractivity contribution in [3.8, 4) is 5.75 Å². The fraction of sp³-hybridized carbons (Fsp3) is 0.316. The topological polar surface area (TPSA) is 89.2 Å². The first-order valence-electron chi connectivity index (χ1n) is 8.89. The standard InChI is InChI=1S/C19H22N6OS/c1-26-16-7-3-2-5-14(16)21-19-23-17(22-18(20)24-19)11-25-9-4-6-15(25)13-8-10-27-12-13/h2-3,5,7-8,10,12,15H,4,6,9,11H2,1H3,(H3,20,21,22,23,24). The Morgan fingerprint density at radius 1 is 1.26 bits per heavy atom. The molecule has 1 unspecified atom stereocenters. The zero-order valence-corrected chi connectivity index (χ0v) is 15.9. The van der Waals surface area contributed by atoms with Gasteiger partial charge in [0.15, 0.2) is 0 Å². The van der Waals surface area contributed by atoms with Crippen LogP contribution in [-0.4, -0.2) is 33.5 Å². The number of rotatable bonds is 6. The second-order valence-corrected chi connectivity index (χ2v) is 7.22. The van der Waals surface area contributed by atoms with E-state index in [2.05, 4.69) is 42.0 Å². The lowest BCUT2D eigenvalue weighted by atomic mass is 10.1. The van der Waals surface area contributed by atoms with Crippen LogP contribution < -0.4 is 15.8 Å². The summed E-state index contributed by atoms with van der Waals surface area (Å²) in [4.78, 5) is 15.5. The van der Waals surface area contributed by atoms with Gasteiger partial charge >= 0.3 is 0 Å². The van der Waals surface area contributed by atoms with Crippen molar-refractivity contribution < 1.29 is 4.74 Å². The van der Waals surface area contributed by atoms with Crippen molar-refractivity contribution in [2.45, 2.75) is 25.4 Å². The first-order chi connectivity index (χ1) is 13.2. The molecule has 0 amide bonds. The summed E-state index contributed by atoms with van der Waals surface area (Å²) in [6.07, 6.45) is 2.33. The summed E-state index contributed by atoms with van der Waals surface area (Å²) in [5, 5.41) is 7.53. The van der Waals surface area contributed by atoms with Gasteiger partial charge in [0.25, 0.3) is 0 Å². The molecule has 1 atom stereocenters. The van der Waals surface area contributed by atoms with Crippen molar-refractivity contribution in [1.29, 1.82) is 0 Å². The van der Waals surface area contributed by atoms with Crippen LogP contribution in [0.2, 0.25) is 0 Å². The Balaban J connectivity index is 1.54. The fourth-order valence-electron chi connectivity index (χ4n) is 3.47. The van der Waals surface area contributed by atoms with Crippen molar-refractivity contribution in [3.63, 3.8) is 0 Å². The third kappa shape index (κ3) is 4.01. The summed E-state index contributed by atoms with van der Waals surface area (Å²) >= 11 is 1.73. The number of hydrogen-bond acceptors (Lipinski definition) is 8. The number of nitrogen functional groups attached to an aromatic ring is 1. The lowest BCUT2D eigenvalue weighted by molar-refractivity contribution is 0.242.